The Bertz CT molecular complexity index is 757. The van der Waals surface area contributed by atoms with Crippen molar-refractivity contribution in [1.29, 1.82) is 0 Å². The second-order valence-electron chi connectivity index (χ2n) is 11.0. The van der Waals surface area contributed by atoms with Crippen LogP contribution in [0.3, 0.4) is 0 Å². The maximum atomic E-state index is 15.2. The maximum absolute atomic E-state index is 15.2. The third-order valence-electron chi connectivity index (χ3n) is 8.81. The highest BCUT2D eigenvalue weighted by atomic mass is 19.1. The predicted molar refractivity (Wildman–Crippen MR) is 128 cm³/mol. The van der Waals surface area contributed by atoms with E-state index >= 15 is 4.39 Å². The summed E-state index contributed by atoms with van der Waals surface area (Å²) in [7, 11) is 0. The smallest absolute Gasteiger partial charge is 0.341 e. The second-order valence-corrected chi connectivity index (χ2v) is 11.0. The Morgan fingerprint density at radius 2 is 1.44 bits per heavy atom. The standard InChI is InChI=1S/C29H43FO2/c1-3-5-20-7-12-22(13-8-20)23-14-9-21(10-15-23)11-16-24-17-18-25-19-26(6-4-2)32-29(31)27(25)28(24)30/h17-18,20-23,26H,3-16,19H2,1-2H3. The van der Waals surface area contributed by atoms with Crippen LogP contribution in [0.5, 0.6) is 0 Å². The minimum Gasteiger partial charge on any atom is -0.458 e. The lowest BCUT2D eigenvalue weighted by atomic mass is 9.68. The van der Waals surface area contributed by atoms with Gasteiger partial charge in [-0.1, -0.05) is 70.9 Å². The van der Waals surface area contributed by atoms with E-state index in [9.17, 15) is 4.79 Å². The molecule has 0 aromatic heterocycles. The summed E-state index contributed by atoms with van der Waals surface area (Å²) in [5, 5.41) is 0. The van der Waals surface area contributed by atoms with Crippen LogP contribution in [-0.4, -0.2) is 12.1 Å². The van der Waals surface area contributed by atoms with E-state index in [1.807, 2.05) is 12.1 Å². The number of carbonyl (C=O) groups excluding carboxylic acids is 1. The van der Waals surface area contributed by atoms with Crippen molar-refractivity contribution >= 4 is 5.97 Å². The molecule has 2 nitrogen and oxygen atoms in total. The van der Waals surface area contributed by atoms with E-state index < -0.39 is 5.97 Å². The number of esters is 1. The van der Waals surface area contributed by atoms with Crippen LogP contribution in [0.1, 0.15) is 119 Å². The highest BCUT2D eigenvalue weighted by molar-refractivity contribution is 5.92. The van der Waals surface area contributed by atoms with Crippen LogP contribution in [0, 0.1) is 29.5 Å². The average Bonchev–Trinajstić information content (AvgIpc) is 2.80. The van der Waals surface area contributed by atoms with Gasteiger partial charge in [-0.25, -0.2) is 9.18 Å². The predicted octanol–water partition coefficient (Wildman–Crippen LogP) is 8.05. The summed E-state index contributed by atoms with van der Waals surface area (Å²) < 4.78 is 20.7. The molecule has 0 N–H and O–H groups in total. The summed E-state index contributed by atoms with van der Waals surface area (Å²) in [6, 6.07) is 3.90. The molecular weight excluding hydrogens is 399 g/mol. The van der Waals surface area contributed by atoms with E-state index in [-0.39, 0.29) is 17.5 Å². The number of benzene rings is 1. The van der Waals surface area contributed by atoms with E-state index in [0.717, 1.165) is 49.0 Å². The summed E-state index contributed by atoms with van der Waals surface area (Å²) in [6.45, 7) is 4.40. The summed E-state index contributed by atoms with van der Waals surface area (Å²) >= 11 is 0. The molecule has 2 saturated carbocycles. The molecule has 0 bridgehead atoms. The molecule has 1 aliphatic heterocycles. The molecule has 0 spiro atoms. The normalized spacial score (nSPS) is 30.6. The molecular formula is C29H43FO2. The molecule has 0 amide bonds. The molecule has 3 heteroatoms. The van der Waals surface area contributed by atoms with Crippen molar-refractivity contribution in [3.63, 3.8) is 0 Å². The zero-order valence-corrected chi connectivity index (χ0v) is 20.3. The molecule has 1 aromatic carbocycles. The van der Waals surface area contributed by atoms with Crippen LogP contribution >= 0.6 is 0 Å². The summed E-state index contributed by atoms with van der Waals surface area (Å²) in [5.41, 5.74) is 1.73. The van der Waals surface area contributed by atoms with Crippen molar-refractivity contribution < 1.29 is 13.9 Å². The summed E-state index contributed by atoms with van der Waals surface area (Å²) in [4.78, 5) is 12.4. The molecule has 2 fully saturated rings. The number of aryl methyl sites for hydroxylation is 1. The quantitative estimate of drug-likeness (QED) is 0.381. The Morgan fingerprint density at radius 3 is 2.03 bits per heavy atom. The van der Waals surface area contributed by atoms with Gasteiger partial charge in [0.1, 0.15) is 11.9 Å². The van der Waals surface area contributed by atoms with Crippen molar-refractivity contribution in [1.82, 2.24) is 0 Å². The maximum Gasteiger partial charge on any atom is 0.341 e. The van der Waals surface area contributed by atoms with Crippen molar-refractivity contribution in [2.75, 3.05) is 0 Å². The molecule has 0 radical (unpaired) electrons. The molecule has 32 heavy (non-hydrogen) atoms. The Balaban J connectivity index is 1.26. The van der Waals surface area contributed by atoms with E-state index in [0.29, 0.717) is 17.9 Å². The molecule has 1 heterocycles. The van der Waals surface area contributed by atoms with E-state index in [1.54, 1.807) is 0 Å². The van der Waals surface area contributed by atoms with E-state index in [2.05, 4.69) is 13.8 Å². The van der Waals surface area contributed by atoms with Crippen molar-refractivity contribution in [2.45, 2.75) is 116 Å². The topological polar surface area (TPSA) is 26.3 Å². The SMILES string of the molecule is CCCC1CCC(C2CCC(CCc3ccc4c(c3F)C(=O)OC(CCC)C4)CC2)CC1. The van der Waals surface area contributed by atoms with Gasteiger partial charge >= 0.3 is 5.97 Å². The number of hydrogen-bond acceptors (Lipinski definition) is 2. The molecule has 1 aromatic rings. The van der Waals surface area contributed by atoms with Crippen LogP contribution in [0.2, 0.25) is 0 Å². The zero-order valence-electron chi connectivity index (χ0n) is 20.3. The molecule has 1 unspecified atom stereocenters. The van der Waals surface area contributed by atoms with Gasteiger partial charge in [-0.15, -0.1) is 0 Å². The van der Waals surface area contributed by atoms with Gasteiger partial charge in [-0.3, -0.25) is 0 Å². The lowest BCUT2D eigenvalue weighted by Crippen LogP contribution is -2.29. The minimum absolute atomic E-state index is 0.0953. The minimum atomic E-state index is -0.460. The van der Waals surface area contributed by atoms with Gasteiger partial charge in [0.05, 0.1) is 5.56 Å². The number of ether oxygens (including phenoxy) is 1. The van der Waals surface area contributed by atoms with Gasteiger partial charge < -0.3 is 4.74 Å². The summed E-state index contributed by atoms with van der Waals surface area (Å²) in [5.74, 6) is 2.82. The number of fused-ring (bicyclic) bond motifs is 1. The summed E-state index contributed by atoms with van der Waals surface area (Å²) in [6.07, 6.45) is 18.1. The zero-order chi connectivity index (χ0) is 22.5. The van der Waals surface area contributed by atoms with Crippen molar-refractivity contribution in [2.24, 2.45) is 23.7 Å². The third kappa shape index (κ3) is 5.57. The fourth-order valence-corrected chi connectivity index (χ4v) is 6.89. The fraction of sp³-hybridized carbons (Fsp3) is 0.759. The Labute approximate surface area is 194 Å². The van der Waals surface area contributed by atoms with E-state index in [1.165, 1.54) is 64.2 Å². The first kappa shape index (κ1) is 23.8. The monoisotopic (exact) mass is 442 g/mol. The fourth-order valence-electron chi connectivity index (χ4n) is 6.89. The third-order valence-corrected chi connectivity index (χ3v) is 8.81. The van der Waals surface area contributed by atoms with Gasteiger partial charge in [-0.05, 0) is 79.7 Å². The number of hydrogen-bond donors (Lipinski definition) is 0. The molecule has 3 aliphatic rings. The van der Waals surface area contributed by atoms with E-state index in [4.69, 9.17) is 4.74 Å². The van der Waals surface area contributed by atoms with Crippen molar-refractivity contribution in [3.8, 4) is 0 Å². The lowest BCUT2D eigenvalue weighted by Gasteiger charge is -2.38. The van der Waals surface area contributed by atoms with Crippen LogP contribution < -0.4 is 0 Å². The van der Waals surface area contributed by atoms with Gasteiger partial charge in [0.15, 0.2) is 0 Å². The Kier molecular flexibility index (Phi) is 8.29. The van der Waals surface area contributed by atoms with Gasteiger partial charge in [-0.2, -0.15) is 0 Å². The average molecular weight is 443 g/mol. The largest absolute Gasteiger partial charge is 0.458 e. The van der Waals surface area contributed by atoms with Crippen LogP contribution in [-0.2, 0) is 17.6 Å². The first-order valence-corrected chi connectivity index (χ1v) is 13.6. The highest BCUT2D eigenvalue weighted by Crippen LogP contribution is 2.43. The van der Waals surface area contributed by atoms with Crippen LogP contribution in [0.15, 0.2) is 12.1 Å². The molecule has 4 rings (SSSR count). The second kappa shape index (κ2) is 11.2. The Hall–Kier alpha value is -1.38. The van der Waals surface area contributed by atoms with Crippen LogP contribution in [0.25, 0.3) is 0 Å². The Morgan fingerprint density at radius 1 is 0.844 bits per heavy atom. The first-order chi connectivity index (χ1) is 15.6. The van der Waals surface area contributed by atoms with Gasteiger partial charge in [0, 0.05) is 6.42 Å². The highest BCUT2D eigenvalue weighted by Gasteiger charge is 2.32. The molecule has 0 saturated heterocycles. The number of halogens is 1. The molecule has 2 aliphatic carbocycles. The molecule has 1 atom stereocenters. The first-order valence-electron chi connectivity index (χ1n) is 13.6. The number of rotatable bonds is 8. The number of carbonyl (C=O) groups is 1. The van der Waals surface area contributed by atoms with Crippen molar-refractivity contribution in [3.05, 3.63) is 34.6 Å². The van der Waals surface area contributed by atoms with Gasteiger partial charge in [0.2, 0.25) is 0 Å². The molecule has 178 valence electrons. The van der Waals surface area contributed by atoms with Crippen LogP contribution in [0.4, 0.5) is 4.39 Å². The van der Waals surface area contributed by atoms with Gasteiger partial charge in [0.25, 0.3) is 0 Å². The lowest BCUT2D eigenvalue weighted by molar-refractivity contribution is 0.0229. The number of cyclic esters (lactones) is 1.